The minimum absolute atomic E-state index is 0.0819. The van der Waals surface area contributed by atoms with Gasteiger partial charge in [0.2, 0.25) is 0 Å². The summed E-state index contributed by atoms with van der Waals surface area (Å²) in [5.74, 6) is -5.55. The number of hydrogen-bond donors (Lipinski definition) is 0. The second-order valence-electron chi connectivity index (χ2n) is 6.00. The molecule has 0 fully saturated rings. The quantitative estimate of drug-likeness (QED) is 0.540. The maximum atomic E-state index is 14.8. The second-order valence-corrected chi connectivity index (χ2v) is 6.00. The number of ether oxygens (including phenoxy) is 2. The number of carbonyl (C=O) groups is 1. The largest absolute Gasteiger partial charge is 0.488 e. The van der Waals surface area contributed by atoms with E-state index >= 15 is 0 Å². The Hall–Kier alpha value is -3.28. The highest BCUT2D eigenvalue weighted by atomic mass is 19.3. The van der Waals surface area contributed by atoms with Gasteiger partial charge in [-0.25, -0.2) is 4.79 Å². The van der Waals surface area contributed by atoms with E-state index in [-0.39, 0.29) is 19.0 Å². The zero-order valence-electron chi connectivity index (χ0n) is 15.3. The van der Waals surface area contributed by atoms with Crippen molar-refractivity contribution >= 4 is 5.97 Å². The minimum atomic E-state index is -3.85. The molecule has 0 aliphatic rings. The smallest absolute Gasteiger partial charge is 0.382 e. The molecule has 0 saturated carbocycles. The van der Waals surface area contributed by atoms with E-state index in [4.69, 9.17) is 4.74 Å². The van der Waals surface area contributed by atoms with Crippen LogP contribution in [-0.4, -0.2) is 17.6 Å². The van der Waals surface area contributed by atoms with Crippen LogP contribution in [-0.2, 0) is 22.1 Å². The van der Waals surface area contributed by atoms with Crippen molar-refractivity contribution in [2.75, 3.05) is 6.61 Å². The van der Waals surface area contributed by atoms with Gasteiger partial charge in [0.05, 0.1) is 17.9 Å². The summed E-state index contributed by atoms with van der Waals surface area (Å²) in [6.07, 6.45) is 1.57. The number of pyridine rings is 1. The number of alkyl halides is 2. The molecule has 2 aromatic carbocycles. The molecule has 144 valence electrons. The fourth-order valence-electron chi connectivity index (χ4n) is 2.66. The van der Waals surface area contributed by atoms with Gasteiger partial charge in [-0.1, -0.05) is 36.4 Å². The van der Waals surface area contributed by atoms with Crippen molar-refractivity contribution in [1.29, 1.82) is 0 Å². The highest BCUT2D eigenvalue weighted by molar-refractivity contribution is 5.81. The summed E-state index contributed by atoms with van der Waals surface area (Å²) >= 11 is 0. The van der Waals surface area contributed by atoms with E-state index in [1.807, 2.05) is 30.3 Å². The van der Waals surface area contributed by atoms with Crippen LogP contribution in [0.25, 0.3) is 11.3 Å². The summed E-state index contributed by atoms with van der Waals surface area (Å²) in [6.45, 7) is 1.43. The van der Waals surface area contributed by atoms with Crippen molar-refractivity contribution in [2.24, 2.45) is 0 Å². The number of hydrogen-bond acceptors (Lipinski definition) is 4. The van der Waals surface area contributed by atoms with Crippen LogP contribution in [0.4, 0.5) is 8.78 Å². The standard InChI is InChI=1S/C22H19F2NO3/c1-2-27-21(26)22(23,24)18-14-17(19-10-6-7-13-25-19)11-12-20(18)28-15-16-8-4-3-5-9-16/h3-14H,2,15H2,1H3. The van der Waals surface area contributed by atoms with E-state index in [0.717, 1.165) is 5.56 Å². The normalized spacial score (nSPS) is 11.1. The van der Waals surface area contributed by atoms with Crippen LogP contribution in [0.1, 0.15) is 18.1 Å². The Morgan fingerprint density at radius 2 is 1.79 bits per heavy atom. The fraction of sp³-hybridized carbons (Fsp3) is 0.182. The molecule has 4 nitrogen and oxygen atoms in total. The predicted molar refractivity (Wildman–Crippen MR) is 101 cm³/mol. The van der Waals surface area contributed by atoms with Crippen molar-refractivity contribution in [3.63, 3.8) is 0 Å². The van der Waals surface area contributed by atoms with Crippen LogP contribution < -0.4 is 4.74 Å². The van der Waals surface area contributed by atoms with Gasteiger partial charge < -0.3 is 9.47 Å². The first-order valence-electron chi connectivity index (χ1n) is 8.80. The van der Waals surface area contributed by atoms with Crippen molar-refractivity contribution < 1.29 is 23.0 Å². The predicted octanol–water partition coefficient (Wildman–Crippen LogP) is 4.98. The number of nitrogens with zero attached hydrogens (tertiary/aromatic N) is 1. The lowest BCUT2D eigenvalue weighted by Gasteiger charge is -2.20. The lowest BCUT2D eigenvalue weighted by molar-refractivity contribution is -0.173. The number of rotatable bonds is 7. The molecule has 0 aliphatic heterocycles. The first kappa shape index (κ1) is 19.5. The Morgan fingerprint density at radius 1 is 1.04 bits per heavy atom. The van der Waals surface area contributed by atoms with E-state index in [9.17, 15) is 13.6 Å². The second kappa shape index (κ2) is 8.61. The van der Waals surface area contributed by atoms with Gasteiger partial charge in [-0.15, -0.1) is 0 Å². The fourth-order valence-corrected chi connectivity index (χ4v) is 2.66. The molecule has 1 aromatic heterocycles. The summed E-state index contributed by atoms with van der Waals surface area (Å²) in [5.41, 5.74) is 1.23. The molecule has 0 radical (unpaired) electrons. The summed E-state index contributed by atoms with van der Waals surface area (Å²) in [4.78, 5) is 16.1. The average Bonchev–Trinajstić information content (AvgIpc) is 2.73. The van der Waals surface area contributed by atoms with E-state index in [0.29, 0.717) is 11.3 Å². The molecule has 0 aliphatic carbocycles. The number of esters is 1. The van der Waals surface area contributed by atoms with Crippen molar-refractivity contribution in [2.45, 2.75) is 19.5 Å². The summed E-state index contributed by atoms with van der Waals surface area (Å²) < 4.78 is 39.9. The molecule has 1 heterocycles. The monoisotopic (exact) mass is 383 g/mol. The van der Waals surface area contributed by atoms with E-state index < -0.39 is 17.5 Å². The SMILES string of the molecule is CCOC(=O)C(F)(F)c1cc(-c2ccccn2)ccc1OCc1ccccc1. The minimum Gasteiger partial charge on any atom is -0.488 e. The first-order chi connectivity index (χ1) is 13.5. The molecule has 6 heteroatoms. The Labute approximate surface area is 161 Å². The molecular weight excluding hydrogens is 364 g/mol. The van der Waals surface area contributed by atoms with Gasteiger partial charge in [-0.3, -0.25) is 4.98 Å². The third kappa shape index (κ3) is 4.34. The summed E-state index contributed by atoms with van der Waals surface area (Å²) in [6, 6.07) is 18.6. The number of aromatic nitrogens is 1. The Balaban J connectivity index is 1.99. The van der Waals surface area contributed by atoms with Gasteiger partial charge in [-0.05, 0) is 42.8 Å². The molecule has 0 spiro atoms. The molecule has 0 saturated heterocycles. The Bertz CT molecular complexity index is 931. The van der Waals surface area contributed by atoms with Crippen molar-refractivity contribution in [1.82, 2.24) is 4.98 Å². The topological polar surface area (TPSA) is 48.4 Å². The molecule has 0 atom stereocenters. The van der Waals surface area contributed by atoms with Crippen molar-refractivity contribution in [3.05, 3.63) is 84.1 Å². The first-order valence-corrected chi connectivity index (χ1v) is 8.80. The van der Waals surface area contributed by atoms with E-state index in [1.165, 1.54) is 19.1 Å². The molecule has 0 unspecified atom stereocenters. The number of benzene rings is 2. The Kier molecular flexibility index (Phi) is 5.99. The van der Waals surface area contributed by atoms with E-state index in [1.54, 1.807) is 30.5 Å². The van der Waals surface area contributed by atoms with Crippen LogP contribution >= 0.6 is 0 Å². The lowest BCUT2D eigenvalue weighted by Crippen LogP contribution is -2.29. The van der Waals surface area contributed by atoms with Gasteiger partial charge in [0.25, 0.3) is 0 Å². The van der Waals surface area contributed by atoms with Crippen molar-refractivity contribution in [3.8, 4) is 17.0 Å². The van der Waals surface area contributed by atoms with Crippen LogP contribution in [0.2, 0.25) is 0 Å². The molecule has 0 bridgehead atoms. The van der Waals surface area contributed by atoms with Gasteiger partial charge in [0, 0.05) is 11.8 Å². The molecule has 3 aromatic rings. The van der Waals surface area contributed by atoms with Gasteiger partial charge in [0.1, 0.15) is 12.4 Å². The third-order valence-corrected chi connectivity index (χ3v) is 4.05. The highest BCUT2D eigenvalue weighted by Gasteiger charge is 2.45. The van der Waals surface area contributed by atoms with Gasteiger partial charge in [0.15, 0.2) is 0 Å². The maximum absolute atomic E-state index is 14.8. The molecular formula is C22H19F2NO3. The van der Waals surface area contributed by atoms with Crippen LogP contribution in [0, 0.1) is 0 Å². The van der Waals surface area contributed by atoms with Crippen LogP contribution in [0.3, 0.4) is 0 Å². The highest BCUT2D eigenvalue weighted by Crippen LogP contribution is 2.39. The Morgan fingerprint density at radius 3 is 2.46 bits per heavy atom. The summed E-state index contributed by atoms with van der Waals surface area (Å²) in [7, 11) is 0. The van der Waals surface area contributed by atoms with Crippen LogP contribution in [0.15, 0.2) is 72.9 Å². The molecule has 28 heavy (non-hydrogen) atoms. The zero-order chi connectivity index (χ0) is 20.0. The summed E-state index contributed by atoms with van der Waals surface area (Å²) in [5, 5.41) is 0. The molecule has 3 rings (SSSR count). The number of carbonyl (C=O) groups excluding carboxylic acids is 1. The van der Waals surface area contributed by atoms with Gasteiger partial charge in [-0.2, -0.15) is 8.78 Å². The van der Waals surface area contributed by atoms with Crippen LogP contribution in [0.5, 0.6) is 5.75 Å². The maximum Gasteiger partial charge on any atom is 0.382 e. The molecule has 0 amide bonds. The lowest BCUT2D eigenvalue weighted by atomic mass is 10.0. The number of halogens is 2. The van der Waals surface area contributed by atoms with Gasteiger partial charge >= 0.3 is 11.9 Å². The third-order valence-electron chi connectivity index (χ3n) is 4.05. The molecule has 0 N–H and O–H groups in total. The zero-order valence-corrected chi connectivity index (χ0v) is 15.3. The average molecular weight is 383 g/mol. The van der Waals surface area contributed by atoms with E-state index in [2.05, 4.69) is 9.72 Å².